The summed E-state index contributed by atoms with van der Waals surface area (Å²) in [7, 11) is 5.88. The molecule has 2 amide bonds. The summed E-state index contributed by atoms with van der Waals surface area (Å²) in [5.41, 5.74) is 0. The van der Waals surface area contributed by atoms with Crippen molar-refractivity contribution in [1.29, 1.82) is 0 Å². The fraction of sp³-hybridized carbons (Fsp3) is 0.846. The molecule has 6 nitrogen and oxygen atoms in total. The third-order valence-corrected chi connectivity index (χ3v) is 3.68. The summed E-state index contributed by atoms with van der Waals surface area (Å²) in [6.07, 6.45) is 2.62. The number of likely N-dealkylation sites (tertiary alicyclic amines) is 1. The number of carbonyl (C=O) groups is 2. The van der Waals surface area contributed by atoms with Gasteiger partial charge in [-0.05, 0) is 33.4 Å². The predicted octanol–water partition coefficient (Wildman–Crippen LogP) is 0.929. The van der Waals surface area contributed by atoms with Crippen LogP contribution in [0.25, 0.3) is 0 Å². The van der Waals surface area contributed by atoms with Gasteiger partial charge in [0.15, 0.2) is 0 Å². The Morgan fingerprint density at radius 1 is 1.21 bits per heavy atom. The van der Waals surface area contributed by atoms with Crippen molar-refractivity contribution in [3.63, 3.8) is 0 Å². The number of carbonyl (C=O) groups excluding carboxylic acids is 1. The Bertz CT molecular complexity index is 312. The minimum absolute atomic E-state index is 0.0163. The minimum Gasteiger partial charge on any atom is -0.481 e. The summed E-state index contributed by atoms with van der Waals surface area (Å²) in [6.45, 7) is 2.06. The quantitative estimate of drug-likeness (QED) is 0.808. The Kier molecular flexibility index (Phi) is 6.08. The molecule has 1 N–H and O–H groups in total. The van der Waals surface area contributed by atoms with Crippen LogP contribution in [-0.2, 0) is 4.79 Å². The van der Waals surface area contributed by atoms with Crippen LogP contribution >= 0.6 is 0 Å². The normalized spacial score (nSPS) is 16.7. The zero-order valence-corrected chi connectivity index (χ0v) is 12.1. The van der Waals surface area contributed by atoms with E-state index in [1.54, 1.807) is 11.9 Å². The average Bonchev–Trinajstić information content (AvgIpc) is 2.37. The van der Waals surface area contributed by atoms with Crippen molar-refractivity contribution in [2.24, 2.45) is 0 Å². The molecule has 1 heterocycles. The zero-order valence-electron chi connectivity index (χ0n) is 12.1. The van der Waals surface area contributed by atoms with Crippen molar-refractivity contribution >= 4 is 12.0 Å². The van der Waals surface area contributed by atoms with Crippen molar-refractivity contribution in [2.45, 2.75) is 31.7 Å². The molecule has 0 radical (unpaired) electrons. The molecule has 1 rings (SSSR count). The summed E-state index contributed by atoms with van der Waals surface area (Å²) in [4.78, 5) is 28.3. The Morgan fingerprint density at radius 2 is 1.79 bits per heavy atom. The fourth-order valence-corrected chi connectivity index (χ4v) is 2.38. The molecular formula is C13H25N3O3. The number of hydrogen-bond acceptors (Lipinski definition) is 3. The van der Waals surface area contributed by atoms with Crippen LogP contribution in [0.3, 0.4) is 0 Å². The number of carboxylic acid groups (broad SMARTS) is 1. The van der Waals surface area contributed by atoms with Gasteiger partial charge in [0.1, 0.15) is 0 Å². The Hall–Kier alpha value is -1.30. The maximum atomic E-state index is 12.1. The molecule has 6 heteroatoms. The third-order valence-electron chi connectivity index (χ3n) is 3.68. The van der Waals surface area contributed by atoms with E-state index in [0.29, 0.717) is 19.0 Å². The highest BCUT2D eigenvalue weighted by atomic mass is 16.4. The fourth-order valence-electron chi connectivity index (χ4n) is 2.38. The van der Waals surface area contributed by atoms with Gasteiger partial charge in [0, 0.05) is 39.1 Å². The van der Waals surface area contributed by atoms with Gasteiger partial charge < -0.3 is 19.8 Å². The lowest BCUT2D eigenvalue weighted by molar-refractivity contribution is -0.137. The van der Waals surface area contributed by atoms with Crippen LogP contribution in [0, 0.1) is 0 Å². The van der Waals surface area contributed by atoms with Crippen LogP contribution in [0.15, 0.2) is 0 Å². The Labute approximate surface area is 115 Å². The van der Waals surface area contributed by atoms with E-state index in [9.17, 15) is 9.59 Å². The van der Waals surface area contributed by atoms with Crippen LogP contribution in [0.1, 0.15) is 25.7 Å². The standard InChI is InChI=1S/C13H25N3O3/c1-14(2)11-6-9-16(10-7-11)13(19)15(3)8-4-5-12(17)18/h11H,4-10H2,1-3H3,(H,17,18). The first kappa shape index (κ1) is 15.8. The van der Waals surface area contributed by atoms with Crippen molar-refractivity contribution in [3.8, 4) is 0 Å². The van der Waals surface area contributed by atoms with E-state index in [1.807, 2.05) is 4.90 Å². The molecule has 1 fully saturated rings. The maximum absolute atomic E-state index is 12.1. The van der Waals surface area contributed by atoms with Gasteiger partial charge in [-0.1, -0.05) is 0 Å². The van der Waals surface area contributed by atoms with Gasteiger partial charge >= 0.3 is 12.0 Å². The van der Waals surface area contributed by atoms with Gasteiger partial charge in [-0.25, -0.2) is 4.79 Å². The van der Waals surface area contributed by atoms with Crippen molar-refractivity contribution < 1.29 is 14.7 Å². The molecule has 0 aromatic heterocycles. The molecule has 19 heavy (non-hydrogen) atoms. The lowest BCUT2D eigenvalue weighted by Crippen LogP contribution is -2.48. The minimum atomic E-state index is -0.812. The molecule has 1 aliphatic heterocycles. The summed E-state index contributed by atoms with van der Waals surface area (Å²) in [5, 5.41) is 8.58. The van der Waals surface area contributed by atoms with Crippen molar-refractivity contribution in [3.05, 3.63) is 0 Å². The van der Waals surface area contributed by atoms with E-state index in [0.717, 1.165) is 25.9 Å². The smallest absolute Gasteiger partial charge is 0.319 e. The van der Waals surface area contributed by atoms with Crippen molar-refractivity contribution in [1.82, 2.24) is 14.7 Å². The van der Waals surface area contributed by atoms with Crippen LogP contribution < -0.4 is 0 Å². The van der Waals surface area contributed by atoms with E-state index in [1.165, 1.54) is 0 Å². The number of nitrogens with zero attached hydrogens (tertiary/aromatic N) is 3. The zero-order chi connectivity index (χ0) is 14.4. The van der Waals surface area contributed by atoms with E-state index in [-0.39, 0.29) is 12.5 Å². The largest absolute Gasteiger partial charge is 0.481 e. The highest BCUT2D eigenvalue weighted by Gasteiger charge is 2.25. The SMILES string of the molecule is CN(CCCC(=O)O)C(=O)N1CCC(N(C)C)CC1. The number of amides is 2. The van der Waals surface area contributed by atoms with E-state index in [2.05, 4.69) is 19.0 Å². The molecule has 0 aromatic carbocycles. The van der Waals surface area contributed by atoms with Gasteiger partial charge in [-0.3, -0.25) is 4.79 Å². The first-order valence-electron chi connectivity index (χ1n) is 6.80. The second-order valence-corrected chi connectivity index (χ2v) is 5.38. The topological polar surface area (TPSA) is 64.1 Å². The predicted molar refractivity (Wildman–Crippen MR) is 73.2 cm³/mol. The van der Waals surface area contributed by atoms with Crippen LogP contribution in [0.2, 0.25) is 0 Å². The maximum Gasteiger partial charge on any atom is 0.319 e. The summed E-state index contributed by atoms with van der Waals surface area (Å²) in [6, 6.07) is 0.573. The van der Waals surface area contributed by atoms with E-state index in [4.69, 9.17) is 5.11 Å². The molecule has 1 aliphatic rings. The second-order valence-electron chi connectivity index (χ2n) is 5.38. The molecule has 0 aliphatic carbocycles. The molecule has 0 spiro atoms. The van der Waals surface area contributed by atoms with Crippen LogP contribution in [0.4, 0.5) is 4.79 Å². The molecule has 0 bridgehead atoms. The highest BCUT2D eigenvalue weighted by Crippen LogP contribution is 2.15. The van der Waals surface area contributed by atoms with Gasteiger partial charge in [0.25, 0.3) is 0 Å². The number of hydrogen-bond donors (Lipinski definition) is 1. The second kappa shape index (κ2) is 7.33. The van der Waals surface area contributed by atoms with Gasteiger partial charge in [-0.2, -0.15) is 0 Å². The molecule has 1 saturated heterocycles. The lowest BCUT2D eigenvalue weighted by Gasteiger charge is -2.37. The van der Waals surface area contributed by atoms with Gasteiger partial charge in [0.05, 0.1) is 0 Å². The number of rotatable bonds is 5. The van der Waals surface area contributed by atoms with E-state index < -0.39 is 5.97 Å². The molecule has 0 unspecified atom stereocenters. The van der Waals surface area contributed by atoms with E-state index >= 15 is 0 Å². The number of carboxylic acids is 1. The molecule has 110 valence electrons. The summed E-state index contributed by atoms with van der Waals surface area (Å²) < 4.78 is 0. The van der Waals surface area contributed by atoms with Crippen molar-refractivity contribution in [2.75, 3.05) is 40.8 Å². The summed E-state index contributed by atoms with van der Waals surface area (Å²) in [5.74, 6) is -0.812. The lowest BCUT2D eigenvalue weighted by atomic mass is 10.0. The van der Waals surface area contributed by atoms with Gasteiger partial charge in [-0.15, -0.1) is 0 Å². The molecule has 0 aromatic rings. The Balaban J connectivity index is 2.31. The first-order chi connectivity index (χ1) is 8.91. The molecule has 0 atom stereocenters. The average molecular weight is 271 g/mol. The number of piperidine rings is 1. The number of urea groups is 1. The van der Waals surface area contributed by atoms with Gasteiger partial charge in [0.2, 0.25) is 0 Å². The Morgan fingerprint density at radius 3 is 2.26 bits per heavy atom. The van der Waals surface area contributed by atoms with Crippen LogP contribution in [-0.4, -0.2) is 78.6 Å². The first-order valence-corrected chi connectivity index (χ1v) is 6.80. The molecular weight excluding hydrogens is 246 g/mol. The van der Waals surface area contributed by atoms with Crippen LogP contribution in [0.5, 0.6) is 0 Å². The molecule has 0 saturated carbocycles. The highest BCUT2D eigenvalue weighted by molar-refractivity contribution is 5.74. The monoisotopic (exact) mass is 271 g/mol. The number of aliphatic carboxylic acids is 1. The summed E-state index contributed by atoms with van der Waals surface area (Å²) >= 11 is 0. The third kappa shape index (κ3) is 5.06.